The molecular formula is C33H31BrN2O5S. The van der Waals surface area contributed by atoms with E-state index in [2.05, 4.69) is 22.0 Å². The van der Waals surface area contributed by atoms with Crippen LogP contribution in [0.25, 0.3) is 6.08 Å². The van der Waals surface area contributed by atoms with Crippen molar-refractivity contribution in [2.45, 2.75) is 39.8 Å². The number of aromatic nitrogens is 1. The Morgan fingerprint density at radius 2 is 1.86 bits per heavy atom. The second-order valence-corrected chi connectivity index (χ2v) is 11.6. The van der Waals surface area contributed by atoms with Crippen LogP contribution in [0.5, 0.6) is 11.5 Å². The third kappa shape index (κ3) is 5.98. The molecule has 5 rings (SSSR count). The molecule has 1 aliphatic rings. The van der Waals surface area contributed by atoms with Gasteiger partial charge in [-0.2, -0.15) is 0 Å². The fraction of sp³-hybridized carbons (Fsp3) is 0.242. The van der Waals surface area contributed by atoms with E-state index in [0.29, 0.717) is 56.2 Å². The molecule has 4 aromatic rings. The fourth-order valence-electron chi connectivity index (χ4n) is 5.00. The lowest BCUT2D eigenvalue weighted by Crippen LogP contribution is -2.40. The minimum Gasteiger partial charge on any atom is -0.490 e. The lowest BCUT2D eigenvalue weighted by atomic mass is 9.95. The van der Waals surface area contributed by atoms with Gasteiger partial charge in [0, 0.05) is 0 Å². The van der Waals surface area contributed by atoms with E-state index < -0.39 is 12.0 Å². The topological polar surface area (TPSA) is 79.1 Å². The zero-order valence-corrected chi connectivity index (χ0v) is 26.3. The molecule has 0 amide bonds. The molecule has 2 heterocycles. The van der Waals surface area contributed by atoms with Gasteiger partial charge in [-0.25, -0.2) is 9.79 Å². The van der Waals surface area contributed by atoms with Crippen LogP contribution in [0.1, 0.15) is 48.6 Å². The summed E-state index contributed by atoms with van der Waals surface area (Å²) in [7, 11) is 1.35. The van der Waals surface area contributed by atoms with Crippen LogP contribution in [0.3, 0.4) is 0 Å². The maximum absolute atomic E-state index is 13.9. The molecule has 0 fully saturated rings. The van der Waals surface area contributed by atoms with Crippen molar-refractivity contribution in [3.8, 4) is 11.5 Å². The fourth-order valence-corrected chi connectivity index (χ4v) is 6.59. The van der Waals surface area contributed by atoms with E-state index in [1.165, 1.54) is 18.4 Å². The van der Waals surface area contributed by atoms with Gasteiger partial charge in [0.25, 0.3) is 5.56 Å². The van der Waals surface area contributed by atoms with Gasteiger partial charge in [-0.1, -0.05) is 78.4 Å². The highest BCUT2D eigenvalue weighted by atomic mass is 79.9. The summed E-state index contributed by atoms with van der Waals surface area (Å²) >= 11 is 4.94. The van der Waals surface area contributed by atoms with Crippen molar-refractivity contribution in [2.75, 3.05) is 13.7 Å². The van der Waals surface area contributed by atoms with Crippen LogP contribution in [0.4, 0.5) is 0 Å². The number of ether oxygens (including phenoxy) is 3. The summed E-state index contributed by atoms with van der Waals surface area (Å²) in [6.07, 6.45) is 2.34. The Bertz CT molecular complexity index is 1840. The molecule has 216 valence electrons. The summed E-state index contributed by atoms with van der Waals surface area (Å²) in [5.41, 5.74) is 4.54. The summed E-state index contributed by atoms with van der Waals surface area (Å²) in [6, 6.07) is 20.8. The number of allylic oxidation sites excluding steroid dienone is 1. The van der Waals surface area contributed by atoms with Crippen molar-refractivity contribution in [2.24, 2.45) is 4.99 Å². The number of thiazole rings is 1. The van der Waals surface area contributed by atoms with E-state index in [4.69, 9.17) is 19.2 Å². The summed E-state index contributed by atoms with van der Waals surface area (Å²) < 4.78 is 20.0. The van der Waals surface area contributed by atoms with Gasteiger partial charge in [-0.15, -0.1) is 0 Å². The van der Waals surface area contributed by atoms with Crippen LogP contribution in [0.2, 0.25) is 0 Å². The summed E-state index contributed by atoms with van der Waals surface area (Å²) in [6.45, 7) is 6.74. The number of esters is 1. The number of carbonyl (C=O) groups is 1. The molecule has 1 aromatic heterocycles. The van der Waals surface area contributed by atoms with Gasteiger partial charge in [-0.05, 0) is 71.1 Å². The van der Waals surface area contributed by atoms with Crippen molar-refractivity contribution >= 4 is 39.3 Å². The van der Waals surface area contributed by atoms with Crippen molar-refractivity contribution in [1.82, 2.24) is 4.57 Å². The molecular weight excluding hydrogens is 616 g/mol. The number of aryl methyl sites for hydroxylation is 1. The predicted octanol–water partition coefficient (Wildman–Crippen LogP) is 5.85. The van der Waals surface area contributed by atoms with Gasteiger partial charge in [0.15, 0.2) is 16.3 Å². The average molecular weight is 648 g/mol. The Kier molecular flexibility index (Phi) is 9.09. The van der Waals surface area contributed by atoms with Gasteiger partial charge >= 0.3 is 5.97 Å². The number of benzene rings is 3. The molecule has 0 saturated carbocycles. The number of carbonyl (C=O) groups excluding carboxylic acids is 1. The molecule has 1 atom stereocenters. The van der Waals surface area contributed by atoms with E-state index in [1.54, 1.807) is 4.57 Å². The minimum atomic E-state index is -0.643. The van der Waals surface area contributed by atoms with E-state index in [0.717, 1.165) is 22.3 Å². The highest BCUT2D eigenvalue weighted by molar-refractivity contribution is 9.10. The zero-order chi connectivity index (χ0) is 29.8. The standard InChI is InChI=1S/C33H31BrN2O5S/c1-5-25-28(32(38)39-4)29(23-13-8-7-9-14-23)36-31(37)27(42-33(36)35-25)18-22-16-24(34)30(26(17-22)40-6-2)41-19-21-12-10-11-20(3)15-21/h7-18,29H,5-6,19H2,1-4H3/b27-18-/t29-/m0/s1. The Hall–Kier alpha value is -3.95. The van der Waals surface area contributed by atoms with E-state index in [1.807, 2.05) is 87.5 Å². The van der Waals surface area contributed by atoms with Crippen LogP contribution >= 0.6 is 27.3 Å². The molecule has 3 aromatic carbocycles. The first kappa shape index (κ1) is 29.5. The third-order valence-electron chi connectivity index (χ3n) is 6.86. The van der Waals surface area contributed by atoms with Gasteiger partial charge in [0.1, 0.15) is 6.61 Å². The molecule has 0 radical (unpaired) electrons. The van der Waals surface area contributed by atoms with Crippen molar-refractivity contribution in [3.05, 3.63) is 124 Å². The number of fused-ring (bicyclic) bond motifs is 1. The molecule has 1 aliphatic heterocycles. The minimum absolute atomic E-state index is 0.238. The van der Waals surface area contributed by atoms with E-state index >= 15 is 0 Å². The van der Waals surface area contributed by atoms with Gasteiger partial charge in [0.05, 0.1) is 40.0 Å². The molecule has 0 N–H and O–H groups in total. The van der Waals surface area contributed by atoms with Crippen LogP contribution in [-0.2, 0) is 16.1 Å². The maximum Gasteiger partial charge on any atom is 0.338 e. The largest absolute Gasteiger partial charge is 0.490 e. The molecule has 9 heteroatoms. The normalized spacial score (nSPS) is 14.8. The zero-order valence-electron chi connectivity index (χ0n) is 23.8. The average Bonchev–Trinajstić information content (AvgIpc) is 3.30. The Labute approximate surface area is 256 Å². The first-order chi connectivity index (χ1) is 20.3. The number of halogens is 1. The Balaban J connectivity index is 1.60. The summed E-state index contributed by atoms with van der Waals surface area (Å²) in [5, 5.41) is 0. The highest BCUT2D eigenvalue weighted by Gasteiger charge is 2.33. The second kappa shape index (κ2) is 12.9. The van der Waals surface area contributed by atoms with Crippen LogP contribution in [0.15, 0.2) is 92.3 Å². The molecule has 0 unspecified atom stereocenters. The second-order valence-electron chi connectivity index (χ2n) is 9.74. The SMILES string of the molecule is CCOc1cc(/C=c2\sc3n(c2=O)[C@@H](c2ccccc2)C(C(=O)OC)=C(CC)N=3)cc(Br)c1OCc1cccc(C)c1. The number of rotatable bonds is 9. The molecule has 0 bridgehead atoms. The summed E-state index contributed by atoms with van der Waals surface area (Å²) in [4.78, 5) is 32.2. The van der Waals surface area contributed by atoms with Gasteiger partial charge in [-0.3, -0.25) is 9.36 Å². The number of hydrogen-bond acceptors (Lipinski definition) is 7. The molecule has 0 aliphatic carbocycles. The monoisotopic (exact) mass is 646 g/mol. The van der Waals surface area contributed by atoms with Crippen molar-refractivity contribution in [1.29, 1.82) is 0 Å². The number of nitrogens with zero attached hydrogens (tertiary/aromatic N) is 2. The van der Waals surface area contributed by atoms with Crippen LogP contribution in [0, 0.1) is 6.92 Å². The predicted molar refractivity (Wildman–Crippen MR) is 168 cm³/mol. The lowest BCUT2D eigenvalue weighted by molar-refractivity contribution is -0.136. The van der Waals surface area contributed by atoms with Crippen molar-refractivity contribution in [3.63, 3.8) is 0 Å². The quantitative estimate of drug-likeness (QED) is 0.213. The molecule has 42 heavy (non-hydrogen) atoms. The Morgan fingerprint density at radius 3 is 2.55 bits per heavy atom. The van der Waals surface area contributed by atoms with Gasteiger partial charge in [0.2, 0.25) is 0 Å². The van der Waals surface area contributed by atoms with Crippen LogP contribution < -0.4 is 24.4 Å². The molecule has 0 saturated heterocycles. The molecule has 7 nitrogen and oxygen atoms in total. The smallest absolute Gasteiger partial charge is 0.338 e. The lowest BCUT2D eigenvalue weighted by Gasteiger charge is -2.25. The van der Waals surface area contributed by atoms with Crippen molar-refractivity contribution < 1.29 is 19.0 Å². The van der Waals surface area contributed by atoms with Crippen LogP contribution in [-0.4, -0.2) is 24.3 Å². The number of hydrogen-bond donors (Lipinski definition) is 0. The third-order valence-corrected chi connectivity index (χ3v) is 8.43. The first-order valence-electron chi connectivity index (χ1n) is 13.7. The maximum atomic E-state index is 13.9. The van der Waals surface area contributed by atoms with E-state index in [9.17, 15) is 9.59 Å². The summed E-state index contributed by atoms with van der Waals surface area (Å²) in [5.74, 6) is 0.670. The van der Waals surface area contributed by atoms with E-state index in [-0.39, 0.29) is 5.56 Å². The number of methoxy groups -OCH3 is 1. The van der Waals surface area contributed by atoms with Gasteiger partial charge < -0.3 is 14.2 Å². The Morgan fingerprint density at radius 1 is 1.07 bits per heavy atom. The first-order valence-corrected chi connectivity index (χ1v) is 15.3. The molecule has 0 spiro atoms. The highest BCUT2D eigenvalue weighted by Crippen LogP contribution is 2.38.